The maximum atomic E-state index is 4.48. The lowest BCUT2D eigenvalue weighted by Gasteiger charge is -2.38. The molecule has 2 heterocycles. The highest BCUT2D eigenvalue weighted by molar-refractivity contribution is 5.79. The van der Waals surface area contributed by atoms with Gasteiger partial charge in [0, 0.05) is 64.6 Å². The van der Waals surface area contributed by atoms with Gasteiger partial charge in [-0.25, -0.2) is 4.68 Å². The van der Waals surface area contributed by atoms with Crippen molar-refractivity contribution in [3.05, 3.63) is 48.3 Å². The van der Waals surface area contributed by atoms with E-state index >= 15 is 0 Å². The molecular weight excluding hydrogens is 338 g/mol. The Labute approximate surface area is 162 Å². The largest absolute Gasteiger partial charge is 0.355 e. The molecule has 0 aliphatic carbocycles. The number of para-hydroxylation sites is 1. The molecule has 7 nitrogen and oxygen atoms in total. The Kier molecular flexibility index (Phi) is 6.47. The van der Waals surface area contributed by atoms with E-state index < -0.39 is 0 Å². The van der Waals surface area contributed by atoms with Gasteiger partial charge in [0.05, 0.1) is 11.9 Å². The normalized spacial score (nSPS) is 19.3. The summed E-state index contributed by atoms with van der Waals surface area (Å²) in [7, 11) is 8.28. The van der Waals surface area contributed by atoms with E-state index in [1.54, 1.807) is 0 Å². The molecule has 1 aliphatic heterocycles. The Morgan fingerprint density at radius 3 is 2.78 bits per heavy atom. The molecule has 1 atom stereocenters. The minimum Gasteiger partial charge on any atom is -0.355 e. The fraction of sp³-hybridized carbons (Fsp3) is 0.500. The van der Waals surface area contributed by atoms with Crippen molar-refractivity contribution >= 4 is 5.96 Å². The molecule has 1 saturated heterocycles. The topological polar surface area (TPSA) is 51.9 Å². The number of likely N-dealkylation sites (N-methyl/N-ethyl adjacent to an activating group) is 2. The van der Waals surface area contributed by atoms with Crippen LogP contribution in [0.4, 0.5) is 0 Å². The molecule has 1 aromatic carbocycles. The van der Waals surface area contributed by atoms with Crippen molar-refractivity contribution in [3.63, 3.8) is 0 Å². The van der Waals surface area contributed by atoms with E-state index in [1.807, 2.05) is 36.1 Å². The monoisotopic (exact) mass is 369 g/mol. The summed E-state index contributed by atoms with van der Waals surface area (Å²) in [4.78, 5) is 11.4. The zero-order chi connectivity index (χ0) is 19.2. The molecule has 7 heteroatoms. The molecule has 27 heavy (non-hydrogen) atoms. The summed E-state index contributed by atoms with van der Waals surface area (Å²) >= 11 is 0. The van der Waals surface area contributed by atoms with Crippen LogP contribution in [-0.4, -0.2) is 90.9 Å². The van der Waals surface area contributed by atoms with E-state index in [0.717, 1.165) is 49.9 Å². The maximum Gasteiger partial charge on any atom is 0.193 e. The lowest BCUT2D eigenvalue weighted by molar-refractivity contribution is 0.116. The highest BCUT2D eigenvalue weighted by atomic mass is 15.3. The second-order valence-electron chi connectivity index (χ2n) is 7.31. The maximum absolute atomic E-state index is 4.48. The predicted octanol–water partition coefficient (Wildman–Crippen LogP) is 1.13. The summed E-state index contributed by atoms with van der Waals surface area (Å²) in [5.74, 6) is 0.907. The van der Waals surface area contributed by atoms with Gasteiger partial charge in [-0.1, -0.05) is 18.2 Å². The van der Waals surface area contributed by atoms with Crippen molar-refractivity contribution in [1.29, 1.82) is 0 Å². The van der Waals surface area contributed by atoms with E-state index in [2.05, 4.69) is 69.6 Å². The fourth-order valence-corrected chi connectivity index (χ4v) is 3.43. The molecule has 1 N–H and O–H groups in total. The van der Waals surface area contributed by atoms with Gasteiger partial charge < -0.3 is 15.1 Å². The molecule has 2 aromatic rings. The zero-order valence-electron chi connectivity index (χ0n) is 16.8. The molecule has 3 rings (SSSR count). The van der Waals surface area contributed by atoms with Crippen LogP contribution in [0.25, 0.3) is 5.69 Å². The third kappa shape index (κ3) is 5.08. The number of aromatic nitrogens is 2. The van der Waals surface area contributed by atoms with Crippen molar-refractivity contribution in [1.82, 2.24) is 29.8 Å². The lowest BCUT2D eigenvalue weighted by atomic mass is 10.2. The molecule has 1 unspecified atom stereocenters. The van der Waals surface area contributed by atoms with Crippen molar-refractivity contribution in [2.75, 3.05) is 54.4 Å². The first-order valence-corrected chi connectivity index (χ1v) is 9.46. The average Bonchev–Trinajstić information content (AvgIpc) is 3.14. The van der Waals surface area contributed by atoms with Crippen LogP contribution in [0.15, 0.2) is 47.7 Å². The summed E-state index contributed by atoms with van der Waals surface area (Å²) in [5, 5.41) is 8.01. The smallest absolute Gasteiger partial charge is 0.193 e. The number of rotatable bonds is 5. The van der Waals surface area contributed by atoms with Gasteiger partial charge in [0.1, 0.15) is 0 Å². The van der Waals surface area contributed by atoms with Gasteiger partial charge in [-0.3, -0.25) is 9.89 Å². The Balaban J connectivity index is 1.56. The van der Waals surface area contributed by atoms with Gasteiger partial charge in [0.2, 0.25) is 0 Å². The fourth-order valence-electron chi connectivity index (χ4n) is 3.43. The van der Waals surface area contributed by atoms with Crippen molar-refractivity contribution in [2.24, 2.45) is 4.99 Å². The number of hydrogen-bond donors (Lipinski definition) is 1. The van der Waals surface area contributed by atoms with Crippen LogP contribution in [-0.2, 0) is 6.54 Å². The van der Waals surface area contributed by atoms with Crippen LogP contribution < -0.4 is 5.32 Å². The SMILES string of the molecule is CN=C(NCC1CN(C)CCN1C)N(C)Cc1cnn(-c2ccccc2)c1. The number of hydrogen-bond acceptors (Lipinski definition) is 4. The molecular formula is C20H31N7. The molecule has 0 saturated carbocycles. The second kappa shape index (κ2) is 9.01. The Morgan fingerprint density at radius 2 is 2.04 bits per heavy atom. The number of piperazine rings is 1. The summed E-state index contributed by atoms with van der Waals surface area (Å²) in [6.07, 6.45) is 3.99. The summed E-state index contributed by atoms with van der Waals surface area (Å²) in [6.45, 7) is 4.96. The summed E-state index contributed by atoms with van der Waals surface area (Å²) in [6, 6.07) is 10.7. The lowest BCUT2D eigenvalue weighted by Crippen LogP contribution is -2.55. The number of guanidine groups is 1. The van der Waals surface area contributed by atoms with Gasteiger partial charge in [-0.05, 0) is 26.2 Å². The Morgan fingerprint density at radius 1 is 1.26 bits per heavy atom. The third-order valence-electron chi connectivity index (χ3n) is 5.13. The van der Waals surface area contributed by atoms with Crippen molar-refractivity contribution < 1.29 is 0 Å². The van der Waals surface area contributed by atoms with E-state index in [4.69, 9.17) is 0 Å². The summed E-state index contributed by atoms with van der Waals surface area (Å²) in [5.41, 5.74) is 2.22. The third-order valence-corrected chi connectivity index (χ3v) is 5.13. The van der Waals surface area contributed by atoms with Crippen LogP contribution in [0, 0.1) is 0 Å². The van der Waals surface area contributed by atoms with Gasteiger partial charge in [0.15, 0.2) is 5.96 Å². The Hall–Kier alpha value is -2.38. The van der Waals surface area contributed by atoms with E-state index in [0.29, 0.717) is 6.04 Å². The first kappa shape index (κ1) is 19.4. The average molecular weight is 370 g/mol. The van der Waals surface area contributed by atoms with Gasteiger partial charge in [0.25, 0.3) is 0 Å². The van der Waals surface area contributed by atoms with Crippen LogP contribution in [0.5, 0.6) is 0 Å². The van der Waals surface area contributed by atoms with Gasteiger partial charge in [-0.2, -0.15) is 5.10 Å². The number of aliphatic imine (C=N–C) groups is 1. The Bertz CT molecular complexity index is 740. The van der Waals surface area contributed by atoms with Crippen LogP contribution >= 0.6 is 0 Å². The molecule has 1 aromatic heterocycles. The van der Waals surface area contributed by atoms with E-state index in [-0.39, 0.29) is 0 Å². The number of nitrogens with zero attached hydrogens (tertiary/aromatic N) is 6. The first-order chi connectivity index (χ1) is 13.1. The molecule has 0 amide bonds. The minimum absolute atomic E-state index is 0.495. The number of benzene rings is 1. The van der Waals surface area contributed by atoms with Crippen LogP contribution in [0.1, 0.15) is 5.56 Å². The zero-order valence-corrected chi connectivity index (χ0v) is 16.8. The molecule has 1 aliphatic rings. The van der Waals surface area contributed by atoms with Crippen LogP contribution in [0.2, 0.25) is 0 Å². The van der Waals surface area contributed by atoms with Gasteiger partial charge in [-0.15, -0.1) is 0 Å². The molecule has 1 fully saturated rings. The molecule has 0 spiro atoms. The first-order valence-electron chi connectivity index (χ1n) is 9.46. The molecule has 0 bridgehead atoms. The number of nitrogens with one attached hydrogen (secondary N) is 1. The van der Waals surface area contributed by atoms with Gasteiger partial charge >= 0.3 is 0 Å². The van der Waals surface area contributed by atoms with E-state index in [1.165, 1.54) is 0 Å². The highest BCUT2D eigenvalue weighted by Gasteiger charge is 2.22. The summed E-state index contributed by atoms with van der Waals surface area (Å²) < 4.78 is 1.91. The minimum atomic E-state index is 0.495. The van der Waals surface area contributed by atoms with Crippen LogP contribution in [0.3, 0.4) is 0 Å². The van der Waals surface area contributed by atoms with E-state index in [9.17, 15) is 0 Å². The highest BCUT2D eigenvalue weighted by Crippen LogP contribution is 2.10. The predicted molar refractivity (Wildman–Crippen MR) is 110 cm³/mol. The van der Waals surface area contributed by atoms with Crippen molar-refractivity contribution in [3.8, 4) is 5.69 Å². The molecule has 146 valence electrons. The quantitative estimate of drug-likeness (QED) is 0.632. The molecule has 0 radical (unpaired) electrons. The second-order valence-corrected chi connectivity index (χ2v) is 7.31. The standard InChI is InChI=1S/C20H31N7/c1-21-20(22-13-19-16-24(2)10-11-25(19)3)26(4)14-17-12-23-27(15-17)18-8-6-5-7-9-18/h5-9,12,15,19H,10-11,13-14,16H2,1-4H3,(H,21,22). The van der Waals surface area contributed by atoms with Crippen molar-refractivity contribution in [2.45, 2.75) is 12.6 Å².